The van der Waals surface area contributed by atoms with E-state index in [4.69, 9.17) is 10.5 Å². The molecule has 92 valence electrons. The van der Waals surface area contributed by atoms with Crippen molar-refractivity contribution >= 4 is 16.6 Å². The van der Waals surface area contributed by atoms with Crippen molar-refractivity contribution in [1.82, 2.24) is 0 Å². The Morgan fingerprint density at radius 2 is 2.11 bits per heavy atom. The summed E-state index contributed by atoms with van der Waals surface area (Å²) in [6.07, 6.45) is 1.89. The van der Waals surface area contributed by atoms with Crippen molar-refractivity contribution in [2.24, 2.45) is 5.16 Å². The molecule has 1 aromatic carbocycles. The van der Waals surface area contributed by atoms with Crippen LogP contribution in [0.2, 0.25) is 0 Å². The number of nitriles is 1. The van der Waals surface area contributed by atoms with Gasteiger partial charge in [0, 0.05) is 17.5 Å². The average molecular weight is 262 g/mol. The van der Waals surface area contributed by atoms with Gasteiger partial charge < -0.3 is 17.6 Å². The van der Waals surface area contributed by atoms with E-state index in [0.29, 0.717) is 0 Å². The highest BCUT2D eigenvalue weighted by Crippen LogP contribution is 2.13. The van der Waals surface area contributed by atoms with Crippen LogP contribution in [0.3, 0.4) is 0 Å². The molecule has 1 aromatic heterocycles. The molecule has 0 spiro atoms. The summed E-state index contributed by atoms with van der Waals surface area (Å²) in [6, 6.07) is 11.8. The molecule has 0 aliphatic heterocycles. The minimum atomic E-state index is 0. The Bertz CT molecular complexity index is 632. The number of benzene rings is 1. The molecule has 0 aliphatic rings. The van der Waals surface area contributed by atoms with Gasteiger partial charge in [0.2, 0.25) is 17.8 Å². The number of para-hydroxylation sites is 1. The second-order valence-corrected chi connectivity index (χ2v) is 3.80. The van der Waals surface area contributed by atoms with E-state index in [1.54, 1.807) is 0 Å². The summed E-state index contributed by atoms with van der Waals surface area (Å²) in [5, 5.41) is 21.5. The lowest BCUT2D eigenvalue weighted by Gasteiger charge is -2.02. The van der Waals surface area contributed by atoms with Gasteiger partial charge in [0.05, 0.1) is 0 Å². The van der Waals surface area contributed by atoms with Crippen molar-refractivity contribution in [3.05, 3.63) is 42.1 Å². The van der Waals surface area contributed by atoms with Crippen LogP contribution in [-0.2, 0) is 6.54 Å². The Balaban J connectivity index is 0.00000162. The predicted molar refractivity (Wildman–Crippen MR) is 63.7 cm³/mol. The van der Waals surface area contributed by atoms with E-state index in [1.807, 2.05) is 54.1 Å². The number of fused-ring (bicyclic) bond motifs is 1. The first-order valence-corrected chi connectivity index (χ1v) is 5.25. The number of nitrogens with zero attached hydrogens (tertiary/aromatic N) is 3. The van der Waals surface area contributed by atoms with Crippen molar-refractivity contribution in [2.45, 2.75) is 13.5 Å². The third kappa shape index (κ3) is 2.58. The van der Waals surface area contributed by atoms with Gasteiger partial charge in [0.25, 0.3) is 0 Å². The molecule has 1 heterocycles. The molecule has 2 rings (SSSR count). The minimum Gasteiger partial charge on any atom is -1.00 e. The quantitative estimate of drug-likeness (QED) is 0.319. The van der Waals surface area contributed by atoms with E-state index in [9.17, 15) is 0 Å². The highest BCUT2D eigenvalue weighted by atomic mass is 35.5. The number of rotatable bonds is 2. The Labute approximate surface area is 111 Å². The monoisotopic (exact) mass is 261 g/mol. The molecule has 0 amide bonds. The normalized spacial score (nSPS) is 10.8. The summed E-state index contributed by atoms with van der Waals surface area (Å²) in [6.45, 7) is 2.31. The topological polar surface area (TPSA) is 60.3 Å². The summed E-state index contributed by atoms with van der Waals surface area (Å²) in [4.78, 5) is 0. The smallest absolute Gasteiger partial charge is 0.221 e. The van der Waals surface area contributed by atoms with Crippen LogP contribution in [0.5, 0.6) is 0 Å². The zero-order valence-electron chi connectivity index (χ0n) is 9.84. The van der Waals surface area contributed by atoms with Gasteiger partial charge in [0.1, 0.15) is 6.07 Å². The van der Waals surface area contributed by atoms with Gasteiger partial charge in [-0.1, -0.05) is 17.3 Å². The fourth-order valence-electron chi connectivity index (χ4n) is 1.82. The lowest BCUT2D eigenvalue weighted by molar-refractivity contribution is -0.655. The molecule has 18 heavy (non-hydrogen) atoms. The molecule has 0 aliphatic carbocycles. The fourth-order valence-corrected chi connectivity index (χ4v) is 1.82. The number of aromatic nitrogens is 1. The van der Waals surface area contributed by atoms with Gasteiger partial charge >= 0.3 is 0 Å². The Kier molecular flexibility index (Phi) is 4.64. The van der Waals surface area contributed by atoms with Crippen LogP contribution in [0.15, 0.2) is 41.7 Å². The highest BCUT2D eigenvalue weighted by Gasteiger charge is 2.13. The van der Waals surface area contributed by atoms with Crippen molar-refractivity contribution in [3.63, 3.8) is 0 Å². The number of halogens is 1. The van der Waals surface area contributed by atoms with E-state index < -0.39 is 0 Å². The first-order valence-electron chi connectivity index (χ1n) is 5.25. The molecule has 4 nitrogen and oxygen atoms in total. The summed E-state index contributed by atoms with van der Waals surface area (Å²) >= 11 is 0. The third-order valence-corrected chi connectivity index (χ3v) is 2.71. The minimum absolute atomic E-state index is 0. The van der Waals surface area contributed by atoms with Gasteiger partial charge in [-0.05, 0) is 18.6 Å². The van der Waals surface area contributed by atoms with E-state index in [1.165, 1.54) is 5.56 Å². The molecule has 0 atom stereocenters. The van der Waals surface area contributed by atoms with Crippen LogP contribution < -0.4 is 17.0 Å². The molecule has 1 N–H and O–H groups in total. The zero-order chi connectivity index (χ0) is 12.3. The van der Waals surface area contributed by atoms with Gasteiger partial charge in [-0.15, -0.1) is 0 Å². The Morgan fingerprint density at radius 3 is 2.78 bits per heavy atom. The van der Waals surface area contributed by atoms with Crippen molar-refractivity contribution in [3.8, 4) is 6.07 Å². The maximum absolute atomic E-state index is 8.76. The maximum atomic E-state index is 8.76. The van der Waals surface area contributed by atoms with Crippen LogP contribution in [0, 0.1) is 18.3 Å². The second kappa shape index (κ2) is 5.99. The first-order chi connectivity index (χ1) is 8.26. The van der Waals surface area contributed by atoms with Crippen LogP contribution in [0.25, 0.3) is 10.9 Å². The Morgan fingerprint density at radius 1 is 1.39 bits per heavy atom. The number of pyridine rings is 1. The highest BCUT2D eigenvalue weighted by molar-refractivity contribution is 5.97. The van der Waals surface area contributed by atoms with Crippen LogP contribution in [-0.4, -0.2) is 10.9 Å². The summed E-state index contributed by atoms with van der Waals surface area (Å²) in [5.74, 6) is 0. The zero-order valence-corrected chi connectivity index (χ0v) is 10.6. The molecule has 0 unspecified atom stereocenters. The van der Waals surface area contributed by atoms with Crippen molar-refractivity contribution < 1.29 is 22.2 Å². The molecular weight excluding hydrogens is 250 g/mol. The molecule has 0 radical (unpaired) electrons. The van der Waals surface area contributed by atoms with Crippen LogP contribution in [0.4, 0.5) is 0 Å². The summed E-state index contributed by atoms with van der Waals surface area (Å²) in [7, 11) is 0. The van der Waals surface area contributed by atoms with Crippen molar-refractivity contribution in [2.75, 3.05) is 0 Å². The van der Waals surface area contributed by atoms with E-state index in [0.717, 1.165) is 10.9 Å². The summed E-state index contributed by atoms with van der Waals surface area (Å²) in [5.41, 5.74) is 2.28. The lowest BCUT2D eigenvalue weighted by atomic mass is 10.1. The second-order valence-electron chi connectivity index (χ2n) is 3.80. The van der Waals surface area contributed by atoms with Gasteiger partial charge in [-0.25, -0.2) is 0 Å². The van der Waals surface area contributed by atoms with E-state index in [2.05, 4.69) is 5.16 Å². The maximum Gasteiger partial charge on any atom is 0.221 e. The number of oxime groups is 1. The molecule has 0 fully saturated rings. The Hall–Kier alpha value is -2.12. The average Bonchev–Trinajstić information content (AvgIpc) is 2.38. The number of hydrogen-bond acceptors (Lipinski definition) is 3. The standard InChI is InChI=1S/C13H11N3O.ClH/c1-10-6-7-16(9-11(8-14)15-17)13-5-3-2-4-12(10)13;/h2-7H,9H2,1H3;1H. The molecule has 0 saturated heterocycles. The van der Waals surface area contributed by atoms with Gasteiger partial charge in [-0.3, -0.25) is 0 Å². The number of hydrogen-bond donors (Lipinski definition) is 1. The molecule has 0 bridgehead atoms. The molecule has 5 heteroatoms. The lowest BCUT2D eigenvalue weighted by Crippen LogP contribution is -3.00. The van der Waals surface area contributed by atoms with E-state index >= 15 is 0 Å². The van der Waals surface area contributed by atoms with Gasteiger partial charge in [0.15, 0.2) is 6.20 Å². The van der Waals surface area contributed by atoms with Crippen molar-refractivity contribution in [1.29, 1.82) is 5.26 Å². The number of aryl methyl sites for hydroxylation is 1. The third-order valence-electron chi connectivity index (χ3n) is 2.71. The molecular formula is C13H12ClN3O. The van der Waals surface area contributed by atoms with Gasteiger partial charge in [-0.2, -0.15) is 9.83 Å². The SMILES string of the molecule is Cc1cc[n+](CC(C#N)=NO)c2ccccc12.[Cl-]. The van der Waals surface area contributed by atoms with E-state index in [-0.39, 0.29) is 24.7 Å². The largest absolute Gasteiger partial charge is 1.00 e. The molecule has 2 aromatic rings. The van der Waals surface area contributed by atoms with Crippen LogP contribution in [0.1, 0.15) is 5.56 Å². The molecule has 0 saturated carbocycles. The fraction of sp³-hybridized carbons (Fsp3) is 0.154. The predicted octanol–water partition coefficient (Wildman–Crippen LogP) is -1.21. The van der Waals surface area contributed by atoms with Crippen LogP contribution >= 0.6 is 0 Å². The first kappa shape index (κ1) is 13.9. The summed E-state index contributed by atoms with van der Waals surface area (Å²) < 4.78 is 1.89.